The predicted molar refractivity (Wildman–Crippen MR) is 113 cm³/mol. The molecule has 0 radical (unpaired) electrons. The Labute approximate surface area is 165 Å². The van der Waals surface area contributed by atoms with E-state index < -0.39 is 6.10 Å². The molecule has 0 unspecified atom stereocenters. The number of amides is 1. The molecule has 144 valence electrons. The summed E-state index contributed by atoms with van der Waals surface area (Å²) in [7, 11) is 0. The van der Waals surface area contributed by atoms with Crippen molar-refractivity contribution < 1.29 is 9.90 Å². The van der Waals surface area contributed by atoms with E-state index in [4.69, 9.17) is 5.73 Å². The summed E-state index contributed by atoms with van der Waals surface area (Å²) in [4.78, 5) is 14.5. The van der Waals surface area contributed by atoms with Gasteiger partial charge < -0.3 is 15.7 Å². The fraction of sp³-hybridized carbons (Fsp3) is 0.292. The highest BCUT2D eigenvalue weighted by atomic mass is 16.3. The number of hydrogen-bond donors (Lipinski definition) is 2. The summed E-state index contributed by atoms with van der Waals surface area (Å²) in [5.74, 6) is -0.0815. The van der Waals surface area contributed by atoms with Crippen LogP contribution in [0.25, 0.3) is 21.9 Å². The normalized spacial score (nSPS) is 19.4. The fourth-order valence-corrected chi connectivity index (χ4v) is 4.40. The number of likely N-dealkylation sites (tertiary alicyclic amines) is 1. The van der Waals surface area contributed by atoms with E-state index in [2.05, 4.69) is 39.0 Å². The summed E-state index contributed by atoms with van der Waals surface area (Å²) in [6.45, 7) is 7.09. The van der Waals surface area contributed by atoms with Crippen molar-refractivity contribution in [3.63, 3.8) is 0 Å². The summed E-state index contributed by atoms with van der Waals surface area (Å²) in [5.41, 5.74) is 12.7. The van der Waals surface area contributed by atoms with Gasteiger partial charge in [-0.25, -0.2) is 0 Å². The minimum absolute atomic E-state index is 0.0815. The molecular formula is C24H26N2O2. The molecule has 4 heteroatoms. The molecule has 3 N–H and O–H groups in total. The van der Waals surface area contributed by atoms with Gasteiger partial charge in [-0.1, -0.05) is 42.0 Å². The van der Waals surface area contributed by atoms with Crippen LogP contribution in [0.5, 0.6) is 0 Å². The van der Waals surface area contributed by atoms with Crippen LogP contribution in [0.3, 0.4) is 0 Å². The summed E-state index contributed by atoms with van der Waals surface area (Å²) >= 11 is 0. The SMILES string of the molecule is Cc1cc(C)c(-c2cccc3cc(C(=O)N4C[C@@H](N)[C@H](O)C4)ccc23)c(C)c1. The third kappa shape index (κ3) is 3.19. The molecule has 3 aromatic rings. The first kappa shape index (κ1) is 18.7. The number of fused-ring (bicyclic) bond motifs is 1. The molecule has 0 aliphatic carbocycles. The van der Waals surface area contributed by atoms with Gasteiger partial charge in [0.1, 0.15) is 0 Å². The van der Waals surface area contributed by atoms with E-state index in [0.717, 1.165) is 10.8 Å². The maximum absolute atomic E-state index is 12.8. The number of aryl methyl sites for hydroxylation is 3. The van der Waals surface area contributed by atoms with Crippen molar-refractivity contribution in [1.82, 2.24) is 4.90 Å². The van der Waals surface area contributed by atoms with Crippen molar-refractivity contribution in [3.8, 4) is 11.1 Å². The third-order valence-electron chi connectivity index (χ3n) is 5.69. The zero-order chi connectivity index (χ0) is 20.0. The largest absolute Gasteiger partial charge is 0.390 e. The van der Waals surface area contributed by atoms with Gasteiger partial charge >= 0.3 is 0 Å². The Balaban J connectivity index is 1.76. The lowest BCUT2D eigenvalue weighted by Gasteiger charge is -2.17. The molecule has 2 atom stereocenters. The highest BCUT2D eigenvalue weighted by Crippen LogP contribution is 2.34. The first-order valence-electron chi connectivity index (χ1n) is 9.69. The number of β-amino-alcohol motifs (C(OH)–C–C–N with tert-alkyl or cyclic N) is 1. The van der Waals surface area contributed by atoms with Crippen LogP contribution in [0.1, 0.15) is 27.0 Å². The average Bonchev–Trinajstić information content (AvgIpc) is 2.99. The predicted octanol–water partition coefficient (Wildman–Crippen LogP) is 3.58. The summed E-state index contributed by atoms with van der Waals surface area (Å²) in [5, 5.41) is 12.0. The van der Waals surface area contributed by atoms with E-state index in [9.17, 15) is 9.90 Å². The molecule has 1 fully saturated rings. The number of carbonyl (C=O) groups is 1. The minimum atomic E-state index is -0.650. The van der Waals surface area contributed by atoms with Crippen LogP contribution in [0.15, 0.2) is 48.5 Å². The molecule has 1 saturated heterocycles. The Morgan fingerprint density at radius 2 is 1.75 bits per heavy atom. The fourth-order valence-electron chi connectivity index (χ4n) is 4.40. The highest BCUT2D eigenvalue weighted by molar-refractivity contribution is 6.03. The standard InChI is InChI=1S/C24H26N2O2/c1-14-9-15(2)23(16(3)10-14)20-6-4-5-17-11-18(7-8-19(17)20)24(28)26-12-21(25)22(27)13-26/h4-11,21-22,27H,12-13,25H2,1-3H3/t21-,22-/m1/s1. The second-order valence-corrected chi connectivity index (χ2v) is 7.96. The number of aliphatic hydroxyl groups excluding tert-OH is 1. The Morgan fingerprint density at radius 3 is 2.39 bits per heavy atom. The van der Waals surface area contributed by atoms with Crippen LogP contribution in [-0.4, -0.2) is 41.1 Å². The van der Waals surface area contributed by atoms with Gasteiger partial charge in [-0.05, 0) is 65.9 Å². The second kappa shape index (κ2) is 7.04. The van der Waals surface area contributed by atoms with Crippen LogP contribution in [0.4, 0.5) is 0 Å². The number of benzene rings is 3. The molecular weight excluding hydrogens is 348 g/mol. The molecule has 3 aromatic carbocycles. The van der Waals surface area contributed by atoms with Crippen LogP contribution >= 0.6 is 0 Å². The zero-order valence-electron chi connectivity index (χ0n) is 16.6. The van der Waals surface area contributed by atoms with Crippen molar-refractivity contribution >= 4 is 16.7 Å². The number of carbonyl (C=O) groups excluding carboxylic acids is 1. The molecule has 0 saturated carbocycles. The summed E-state index contributed by atoms with van der Waals surface area (Å²) in [6.07, 6.45) is -0.650. The van der Waals surface area contributed by atoms with Crippen LogP contribution in [0, 0.1) is 20.8 Å². The molecule has 1 aliphatic heterocycles. The number of nitrogens with zero attached hydrogens (tertiary/aromatic N) is 1. The Bertz CT molecular complexity index is 1040. The van der Waals surface area contributed by atoms with E-state index in [1.165, 1.54) is 27.8 Å². The third-order valence-corrected chi connectivity index (χ3v) is 5.69. The number of rotatable bonds is 2. The molecule has 28 heavy (non-hydrogen) atoms. The monoisotopic (exact) mass is 374 g/mol. The van der Waals surface area contributed by atoms with Gasteiger partial charge in [-0.2, -0.15) is 0 Å². The summed E-state index contributed by atoms with van der Waals surface area (Å²) < 4.78 is 0. The Kier molecular flexibility index (Phi) is 4.69. The van der Waals surface area contributed by atoms with Gasteiger partial charge in [0, 0.05) is 24.7 Å². The molecule has 1 amide bonds. The molecule has 0 aromatic heterocycles. The number of aliphatic hydroxyl groups is 1. The maximum Gasteiger partial charge on any atom is 0.254 e. The van der Waals surface area contributed by atoms with Crippen LogP contribution in [0.2, 0.25) is 0 Å². The van der Waals surface area contributed by atoms with Crippen LogP contribution in [-0.2, 0) is 0 Å². The maximum atomic E-state index is 12.8. The number of nitrogens with two attached hydrogens (primary N) is 1. The van der Waals surface area contributed by atoms with Crippen molar-refractivity contribution in [1.29, 1.82) is 0 Å². The van der Waals surface area contributed by atoms with Crippen molar-refractivity contribution in [2.45, 2.75) is 32.9 Å². The van der Waals surface area contributed by atoms with Gasteiger partial charge in [0.05, 0.1) is 6.10 Å². The zero-order valence-corrected chi connectivity index (χ0v) is 16.6. The van der Waals surface area contributed by atoms with Gasteiger partial charge in [0.2, 0.25) is 0 Å². The number of hydrogen-bond acceptors (Lipinski definition) is 3. The lowest BCUT2D eigenvalue weighted by molar-refractivity contribution is 0.0765. The van der Waals surface area contributed by atoms with E-state index in [-0.39, 0.29) is 11.9 Å². The lowest BCUT2D eigenvalue weighted by atomic mass is 9.90. The van der Waals surface area contributed by atoms with Gasteiger partial charge in [0.15, 0.2) is 0 Å². The first-order valence-corrected chi connectivity index (χ1v) is 9.69. The second-order valence-electron chi connectivity index (χ2n) is 7.96. The van der Waals surface area contributed by atoms with Gasteiger partial charge in [0.25, 0.3) is 5.91 Å². The van der Waals surface area contributed by atoms with E-state index >= 15 is 0 Å². The van der Waals surface area contributed by atoms with Crippen molar-refractivity contribution in [3.05, 3.63) is 70.8 Å². The van der Waals surface area contributed by atoms with E-state index in [0.29, 0.717) is 18.7 Å². The summed E-state index contributed by atoms with van der Waals surface area (Å²) in [6, 6.07) is 16.1. The topological polar surface area (TPSA) is 66.6 Å². The van der Waals surface area contributed by atoms with E-state index in [1.54, 1.807) is 4.90 Å². The molecule has 1 heterocycles. The van der Waals surface area contributed by atoms with Crippen molar-refractivity contribution in [2.24, 2.45) is 5.73 Å². The van der Waals surface area contributed by atoms with Gasteiger partial charge in [-0.15, -0.1) is 0 Å². The highest BCUT2D eigenvalue weighted by Gasteiger charge is 2.31. The molecule has 0 bridgehead atoms. The average molecular weight is 374 g/mol. The minimum Gasteiger partial charge on any atom is -0.390 e. The van der Waals surface area contributed by atoms with Crippen LogP contribution < -0.4 is 5.73 Å². The quantitative estimate of drug-likeness (QED) is 0.721. The van der Waals surface area contributed by atoms with E-state index in [1.807, 2.05) is 30.3 Å². The molecule has 1 aliphatic rings. The van der Waals surface area contributed by atoms with Gasteiger partial charge in [-0.3, -0.25) is 4.79 Å². The lowest BCUT2D eigenvalue weighted by Crippen LogP contribution is -2.33. The molecule has 0 spiro atoms. The smallest absolute Gasteiger partial charge is 0.254 e. The Morgan fingerprint density at radius 1 is 1.04 bits per heavy atom. The van der Waals surface area contributed by atoms with Crippen molar-refractivity contribution in [2.75, 3.05) is 13.1 Å². The molecule has 4 nitrogen and oxygen atoms in total. The first-order chi connectivity index (χ1) is 13.3. The molecule has 4 rings (SSSR count). The Hall–Kier alpha value is -2.69.